The van der Waals surface area contributed by atoms with Crippen molar-refractivity contribution < 1.29 is 19.5 Å². The molecule has 0 aromatic heterocycles. The van der Waals surface area contributed by atoms with Gasteiger partial charge in [0.15, 0.2) is 0 Å². The quantitative estimate of drug-likeness (QED) is 0.156. The van der Waals surface area contributed by atoms with Crippen molar-refractivity contribution in [2.45, 2.75) is 57.9 Å². The number of piperidine rings is 1. The van der Waals surface area contributed by atoms with Gasteiger partial charge < -0.3 is 14.7 Å². The minimum absolute atomic E-state index is 0.252. The zero-order valence-corrected chi connectivity index (χ0v) is 23.1. The molecule has 200 valence electrons. The van der Waals surface area contributed by atoms with Crippen molar-refractivity contribution in [3.05, 3.63) is 77.4 Å². The zero-order chi connectivity index (χ0) is 27.3. The van der Waals surface area contributed by atoms with E-state index < -0.39 is 5.97 Å². The Morgan fingerprint density at radius 3 is 2.68 bits per heavy atom. The molecule has 1 fully saturated rings. The third-order valence-electron chi connectivity index (χ3n) is 6.32. The summed E-state index contributed by atoms with van der Waals surface area (Å²) in [4.78, 5) is 23.1. The van der Waals surface area contributed by atoms with Crippen molar-refractivity contribution in [1.29, 1.82) is 0 Å². The molecule has 3 rings (SSSR count). The van der Waals surface area contributed by atoms with Gasteiger partial charge in [-0.3, -0.25) is 9.89 Å². The van der Waals surface area contributed by atoms with E-state index in [1.54, 1.807) is 31.0 Å². The Kier molecular flexibility index (Phi) is 12.4. The molecular formula is C29H39N3O4S. The van der Waals surface area contributed by atoms with Crippen LogP contribution in [0, 0.1) is 0 Å². The molecule has 0 saturated carbocycles. The lowest BCUT2D eigenvalue weighted by atomic mass is 9.85. The Labute approximate surface area is 225 Å². The van der Waals surface area contributed by atoms with Crippen LogP contribution in [0.25, 0.3) is 0 Å². The number of rotatable bonds is 11. The Balaban J connectivity index is 0.00000235. The van der Waals surface area contributed by atoms with Gasteiger partial charge in [0.2, 0.25) is 0 Å². The summed E-state index contributed by atoms with van der Waals surface area (Å²) in [5.41, 5.74) is 4.31. The van der Waals surface area contributed by atoms with Crippen molar-refractivity contribution in [2.75, 3.05) is 19.7 Å². The van der Waals surface area contributed by atoms with Gasteiger partial charge in [-0.1, -0.05) is 29.4 Å². The average Bonchev–Trinajstić information content (AvgIpc) is 3.32. The van der Waals surface area contributed by atoms with Crippen LogP contribution in [-0.2, 0) is 21.9 Å². The number of thioether (sulfide) groups is 1. The maximum atomic E-state index is 11.0. The van der Waals surface area contributed by atoms with E-state index in [1.165, 1.54) is 11.1 Å². The molecule has 8 heteroatoms. The van der Waals surface area contributed by atoms with Gasteiger partial charge in [0.1, 0.15) is 11.4 Å². The molecule has 2 heterocycles. The summed E-state index contributed by atoms with van der Waals surface area (Å²) in [5, 5.41) is 15.3. The van der Waals surface area contributed by atoms with E-state index in [2.05, 4.69) is 53.1 Å². The summed E-state index contributed by atoms with van der Waals surface area (Å²) in [6.45, 7) is 18.4. The minimum atomic E-state index is -0.914. The third-order valence-corrected chi connectivity index (χ3v) is 7.11. The average molecular weight is 526 g/mol. The van der Waals surface area contributed by atoms with Gasteiger partial charge in [-0.25, -0.2) is 4.79 Å². The van der Waals surface area contributed by atoms with E-state index in [-0.39, 0.29) is 5.60 Å². The molecule has 2 aliphatic rings. The Morgan fingerprint density at radius 1 is 1.30 bits per heavy atom. The van der Waals surface area contributed by atoms with Gasteiger partial charge in [-0.15, -0.1) is 24.9 Å². The van der Waals surface area contributed by atoms with Crippen LogP contribution in [0.1, 0.15) is 51.2 Å². The predicted molar refractivity (Wildman–Crippen MR) is 154 cm³/mol. The van der Waals surface area contributed by atoms with Crippen LogP contribution in [0.4, 0.5) is 0 Å². The first-order chi connectivity index (χ1) is 17.9. The fourth-order valence-electron chi connectivity index (χ4n) is 4.13. The maximum absolute atomic E-state index is 11.0. The van der Waals surface area contributed by atoms with E-state index >= 15 is 0 Å². The molecule has 1 N–H and O–H groups in total. The SMILES string of the molecule is C=C.C=N/C=C\SCc1ccc(CN2CCC3(CC2)CC(/C(C)=C/C=C(\C)C(=O)O)=NO3)cc1OCC. The molecule has 37 heavy (non-hydrogen) atoms. The van der Waals surface area contributed by atoms with E-state index in [9.17, 15) is 4.79 Å². The van der Waals surface area contributed by atoms with E-state index in [1.807, 2.05) is 25.3 Å². The number of aliphatic imine (C=N–C) groups is 1. The number of benzene rings is 1. The molecular weight excluding hydrogens is 486 g/mol. The monoisotopic (exact) mass is 525 g/mol. The first-order valence-corrected chi connectivity index (χ1v) is 13.4. The fourth-order valence-corrected chi connectivity index (χ4v) is 4.81. The molecule has 1 saturated heterocycles. The molecule has 0 amide bonds. The second-order valence-electron chi connectivity index (χ2n) is 8.92. The third kappa shape index (κ3) is 9.05. The number of ether oxygens (including phenoxy) is 1. The lowest BCUT2D eigenvalue weighted by molar-refractivity contribution is -0.132. The molecule has 2 aliphatic heterocycles. The lowest BCUT2D eigenvalue weighted by Crippen LogP contribution is -2.44. The second kappa shape index (κ2) is 15.2. The van der Waals surface area contributed by atoms with Crippen molar-refractivity contribution in [3.63, 3.8) is 0 Å². The Morgan fingerprint density at radius 2 is 2.03 bits per heavy atom. The number of hydrogen-bond acceptors (Lipinski definition) is 7. The second-order valence-corrected chi connectivity index (χ2v) is 9.82. The first-order valence-electron chi connectivity index (χ1n) is 12.4. The van der Waals surface area contributed by atoms with Gasteiger partial charge in [0, 0.05) is 62.0 Å². The molecule has 1 aromatic rings. The number of allylic oxidation sites excluding steroid dienone is 3. The first kappa shape index (κ1) is 30.1. The van der Waals surface area contributed by atoms with Gasteiger partial charge in [0.05, 0.1) is 12.3 Å². The Bertz CT molecular complexity index is 1050. The summed E-state index contributed by atoms with van der Waals surface area (Å²) < 4.78 is 5.91. The van der Waals surface area contributed by atoms with Crippen LogP contribution < -0.4 is 4.74 Å². The molecule has 0 radical (unpaired) electrons. The van der Waals surface area contributed by atoms with Crippen LogP contribution in [-0.4, -0.2) is 53.7 Å². The summed E-state index contributed by atoms with van der Waals surface area (Å²) in [6, 6.07) is 6.50. The molecule has 0 bridgehead atoms. The Hall–Kier alpha value is -3.10. The van der Waals surface area contributed by atoms with Crippen molar-refractivity contribution in [2.24, 2.45) is 10.1 Å². The van der Waals surface area contributed by atoms with Crippen molar-refractivity contribution in [3.8, 4) is 5.75 Å². The zero-order valence-electron chi connectivity index (χ0n) is 22.2. The van der Waals surface area contributed by atoms with E-state index in [0.29, 0.717) is 12.2 Å². The molecule has 7 nitrogen and oxygen atoms in total. The van der Waals surface area contributed by atoms with Crippen molar-refractivity contribution in [1.82, 2.24) is 4.90 Å². The predicted octanol–water partition coefficient (Wildman–Crippen LogP) is 6.38. The summed E-state index contributed by atoms with van der Waals surface area (Å²) in [5.74, 6) is 0.854. The molecule has 0 unspecified atom stereocenters. The minimum Gasteiger partial charge on any atom is -0.494 e. The number of likely N-dealkylation sites (tertiary alicyclic amines) is 1. The number of nitrogens with zero attached hydrogens (tertiary/aromatic N) is 3. The van der Waals surface area contributed by atoms with Gasteiger partial charge in [0.25, 0.3) is 0 Å². The highest BCUT2D eigenvalue weighted by Gasteiger charge is 2.42. The summed E-state index contributed by atoms with van der Waals surface area (Å²) in [7, 11) is 0. The van der Waals surface area contributed by atoms with E-state index in [0.717, 1.165) is 61.7 Å². The van der Waals surface area contributed by atoms with E-state index in [4.69, 9.17) is 14.7 Å². The lowest BCUT2D eigenvalue weighted by Gasteiger charge is -2.37. The number of oxime groups is 1. The normalized spacial score (nSPS) is 17.6. The van der Waals surface area contributed by atoms with Crippen LogP contribution in [0.2, 0.25) is 0 Å². The van der Waals surface area contributed by atoms with Crippen LogP contribution >= 0.6 is 11.8 Å². The van der Waals surface area contributed by atoms with Gasteiger partial charge in [-0.2, -0.15) is 0 Å². The maximum Gasteiger partial charge on any atom is 0.331 e. The number of carbonyl (C=O) groups is 1. The smallest absolute Gasteiger partial charge is 0.331 e. The highest BCUT2D eigenvalue weighted by Crippen LogP contribution is 2.36. The van der Waals surface area contributed by atoms with Crippen LogP contribution in [0.15, 0.2) is 76.4 Å². The van der Waals surface area contributed by atoms with Gasteiger partial charge in [-0.05, 0) is 50.1 Å². The highest BCUT2D eigenvalue weighted by molar-refractivity contribution is 8.01. The largest absolute Gasteiger partial charge is 0.494 e. The fraction of sp³-hybridized carbons (Fsp3) is 0.414. The number of aliphatic carboxylic acids is 1. The standard InChI is InChI=1S/C27H35N3O4S.C2H4/c1-5-33-25-16-22(8-9-23(25)19-35-15-12-28-4)18-30-13-10-27(11-14-30)17-24(29-34-27)20(2)6-7-21(3)26(31)32;1-2/h6-9,12,15-16H,4-5,10-11,13-14,17-19H2,1-3H3,(H,31,32);1-2H2/b15-12-,20-6+,21-7+;. The van der Waals surface area contributed by atoms with Crippen molar-refractivity contribution >= 4 is 30.2 Å². The molecule has 0 atom stereocenters. The van der Waals surface area contributed by atoms with Crippen LogP contribution in [0.3, 0.4) is 0 Å². The van der Waals surface area contributed by atoms with Gasteiger partial charge >= 0.3 is 5.97 Å². The topological polar surface area (TPSA) is 83.7 Å². The molecule has 1 aromatic carbocycles. The number of carboxylic acid groups (broad SMARTS) is 1. The number of hydrogen-bond donors (Lipinski definition) is 1. The van der Waals surface area contributed by atoms with Crippen LogP contribution in [0.5, 0.6) is 5.75 Å². The number of carboxylic acids is 1. The summed E-state index contributed by atoms with van der Waals surface area (Å²) in [6.07, 6.45) is 7.70. The highest BCUT2D eigenvalue weighted by atomic mass is 32.2. The molecule has 1 spiro atoms. The summed E-state index contributed by atoms with van der Waals surface area (Å²) >= 11 is 1.67. The molecule has 0 aliphatic carbocycles.